The molecule has 0 saturated carbocycles. The summed E-state index contributed by atoms with van der Waals surface area (Å²) >= 11 is 0. The van der Waals surface area contributed by atoms with Crippen molar-refractivity contribution in [3.63, 3.8) is 0 Å². The molecule has 0 aliphatic rings. The second-order valence-corrected chi connectivity index (χ2v) is 3.50. The number of nitrogen functional groups attached to an aromatic ring is 1. The fourth-order valence-corrected chi connectivity index (χ4v) is 1.37. The van der Waals surface area contributed by atoms with Gasteiger partial charge in [0.25, 0.3) is 0 Å². The average Bonchev–Trinajstić information content (AvgIpc) is 2.74. The van der Waals surface area contributed by atoms with Gasteiger partial charge in [0.1, 0.15) is 0 Å². The highest BCUT2D eigenvalue weighted by molar-refractivity contribution is 5.68. The van der Waals surface area contributed by atoms with Gasteiger partial charge >= 0.3 is 0 Å². The number of hydrogen-bond donors (Lipinski definition) is 2. The minimum atomic E-state index is 0.399. The standard InChI is InChI=1S/C11H11N5O/c1-7-15-11(16-17-7)6-14-10-4-8(5-12)2-3-9(10)13/h2-4,14H,6,13H2,1H3. The quantitative estimate of drug-likeness (QED) is 0.772. The molecule has 0 saturated heterocycles. The normalized spacial score (nSPS) is 9.88. The number of nitrogens with zero attached hydrogens (tertiary/aromatic N) is 3. The maximum absolute atomic E-state index is 8.78. The number of aromatic nitrogens is 2. The van der Waals surface area contributed by atoms with Crippen LogP contribution in [-0.4, -0.2) is 10.1 Å². The van der Waals surface area contributed by atoms with Crippen LogP contribution in [-0.2, 0) is 6.54 Å². The van der Waals surface area contributed by atoms with Crippen LogP contribution in [0.5, 0.6) is 0 Å². The third-order valence-corrected chi connectivity index (χ3v) is 2.19. The molecule has 0 fully saturated rings. The molecule has 0 aliphatic heterocycles. The van der Waals surface area contributed by atoms with E-state index in [2.05, 4.69) is 21.5 Å². The van der Waals surface area contributed by atoms with Crippen LogP contribution in [0.15, 0.2) is 22.7 Å². The summed E-state index contributed by atoms with van der Waals surface area (Å²) in [7, 11) is 0. The molecule has 3 N–H and O–H groups in total. The summed E-state index contributed by atoms with van der Waals surface area (Å²) < 4.78 is 4.84. The Hall–Kier alpha value is -2.55. The summed E-state index contributed by atoms with van der Waals surface area (Å²) in [6.07, 6.45) is 0. The highest BCUT2D eigenvalue weighted by Gasteiger charge is 2.04. The first kappa shape index (κ1) is 11.0. The summed E-state index contributed by atoms with van der Waals surface area (Å²) in [6, 6.07) is 7.08. The van der Waals surface area contributed by atoms with E-state index in [1.54, 1.807) is 25.1 Å². The first-order valence-corrected chi connectivity index (χ1v) is 5.01. The predicted molar refractivity (Wildman–Crippen MR) is 61.9 cm³/mol. The van der Waals surface area contributed by atoms with Crippen molar-refractivity contribution >= 4 is 11.4 Å². The molecule has 0 atom stereocenters. The van der Waals surface area contributed by atoms with Crippen LogP contribution < -0.4 is 11.1 Å². The molecule has 0 spiro atoms. The van der Waals surface area contributed by atoms with Gasteiger partial charge in [-0.15, -0.1) is 0 Å². The highest BCUT2D eigenvalue weighted by Crippen LogP contribution is 2.20. The molecular weight excluding hydrogens is 218 g/mol. The number of rotatable bonds is 3. The number of nitrogens with one attached hydrogen (secondary N) is 1. The van der Waals surface area contributed by atoms with E-state index in [-0.39, 0.29) is 0 Å². The first-order valence-electron chi connectivity index (χ1n) is 5.01. The monoisotopic (exact) mass is 229 g/mol. The topological polar surface area (TPSA) is 101 Å². The summed E-state index contributed by atoms with van der Waals surface area (Å²) in [4.78, 5) is 4.05. The van der Waals surface area contributed by atoms with Crippen LogP contribution in [0.2, 0.25) is 0 Å². The maximum Gasteiger partial charge on any atom is 0.223 e. The number of nitrogens with two attached hydrogens (primary N) is 1. The number of anilines is 2. The number of benzene rings is 1. The molecule has 0 aliphatic carbocycles. The lowest BCUT2D eigenvalue weighted by Crippen LogP contribution is -2.04. The van der Waals surface area contributed by atoms with Gasteiger partial charge < -0.3 is 15.6 Å². The Kier molecular flexibility index (Phi) is 2.92. The fourth-order valence-electron chi connectivity index (χ4n) is 1.37. The molecule has 1 heterocycles. The minimum absolute atomic E-state index is 0.399. The third-order valence-electron chi connectivity index (χ3n) is 2.19. The van der Waals surface area contributed by atoms with Crippen molar-refractivity contribution in [2.75, 3.05) is 11.1 Å². The van der Waals surface area contributed by atoms with E-state index in [1.807, 2.05) is 0 Å². The number of nitriles is 1. The van der Waals surface area contributed by atoms with Gasteiger partial charge in [-0.3, -0.25) is 0 Å². The summed E-state index contributed by atoms with van der Waals surface area (Å²) in [6.45, 7) is 2.12. The Balaban J connectivity index is 2.11. The van der Waals surface area contributed by atoms with Crippen LogP contribution >= 0.6 is 0 Å². The zero-order valence-electron chi connectivity index (χ0n) is 9.27. The highest BCUT2D eigenvalue weighted by atomic mass is 16.5. The first-order chi connectivity index (χ1) is 8.19. The SMILES string of the molecule is Cc1nc(CNc2cc(C#N)ccc2N)no1. The largest absolute Gasteiger partial charge is 0.397 e. The second-order valence-electron chi connectivity index (χ2n) is 3.50. The molecular formula is C11H11N5O. The Morgan fingerprint density at radius 3 is 3.00 bits per heavy atom. The van der Waals surface area contributed by atoms with E-state index in [4.69, 9.17) is 15.5 Å². The zero-order chi connectivity index (χ0) is 12.3. The summed E-state index contributed by atoms with van der Waals surface area (Å²) in [5.41, 5.74) is 7.58. The van der Waals surface area contributed by atoms with Crippen molar-refractivity contribution in [3.8, 4) is 6.07 Å². The van der Waals surface area contributed by atoms with E-state index in [9.17, 15) is 0 Å². The minimum Gasteiger partial charge on any atom is -0.397 e. The molecule has 6 heteroatoms. The van der Waals surface area contributed by atoms with Gasteiger partial charge in [0, 0.05) is 6.92 Å². The van der Waals surface area contributed by atoms with Crippen molar-refractivity contribution in [1.82, 2.24) is 10.1 Å². The summed E-state index contributed by atoms with van der Waals surface area (Å²) in [5.74, 6) is 1.06. The summed E-state index contributed by atoms with van der Waals surface area (Å²) in [5, 5.41) is 15.6. The van der Waals surface area contributed by atoms with E-state index in [0.717, 1.165) is 0 Å². The molecule has 17 heavy (non-hydrogen) atoms. The van der Waals surface area contributed by atoms with Crippen molar-refractivity contribution in [1.29, 1.82) is 5.26 Å². The van der Waals surface area contributed by atoms with E-state index < -0.39 is 0 Å². The van der Waals surface area contributed by atoms with Gasteiger partial charge in [0.2, 0.25) is 5.89 Å². The molecule has 0 radical (unpaired) electrons. The Morgan fingerprint density at radius 1 is 1.53 bits per heavy atom. The number of hydrogen-bond acceptors (Lipinski definition) is 6. The van der Waals surface area contributed by atoms with Gasteiger partial charge in [-0.2, -0.15) is 10.2 Å². The van der Waals surface area contributed by atoms with Crippen LogP contribution in [0, 0.1) is 18.3 Å². The molecule has 86 valence electrons. The Bertz CT molecular complexity index is 569. The average molecular weight is 229 g/mol. The van der Waals surface area contributed by atoms with E-state index in [1.165, 1.54) is 0 Å². The van der Waals surface area contributed by atoms with Crippen molar-refractivity contribution < 1.29 is 4.52 Å². The second kappa shape index (κ2) is 4.53. The van der Waals surface area contributed by atoms with Crippen LogP contribution in [0.4, 0.5) is 11.4 Å². The molecule has 0 amide bonds. The van der Waals surface area contributed by atoms with Gasteiger partial charge in [-0.25, -0.2) is 0 Å². The van der Waals surface area contributed by atoms with E-state index >= 15 is 0 Å². The lowest BCUT2D eigenvalue weighted by atomic mass is 10.2. The van der Waals surface area contributed by atoms with Crippen molar-refractivity contribution in [2.45, 2.75) is 13.5 Å². The molecule has 0 unspecified atom stereocenters. The molecule has 1 aromatic heterocycles. The van der Waals surface area contributed by atoms with E-state index in [0.29, 0.717) is 35.2 Å². The third kappa shape index (κ3) is 2.52. The smallest absolute Gasteiger partial charge is 0.223 e. The predicted octanol–water partition coefficient (Wildman–Crippen LogP) is 1.44. The Morgan fingerprint density at radius 2 is 2.35 bits per heavy atom. The van der Waals surface area contributed by atoms with Crippen LogP contribution in [0.1, 0.15) is 17.3 Å². The van der Waals surface area contributed by atoms with Gasteiger partial charge in [0.15, 0.2) is 5.82 Å². The Labute approximate surface area is 98.1 Å². The van der Waals surface area contributed by atoms with Crippen molar-refractivity contribution in [2.24, 2.45) is 0 Å². The lowest BCUT2D eigenvalue weighted by Gasteiger charge is -2.07. The molecule has 6 nitrogen and oxygen atoms in total. The van der Waals surface area contributed by atoms with Crippen LogP contribution in [0.3, 0.4) is 0 Å². The van der Waals surface area contributed by atoms with Gasteiger partial charge in [-0.05, 0) is 18.2 Å². The molecule has 2 aromatic rings. The zero-order valence-corrected chi connectivity index (χ0v) is 9.27. The van der Waals surface area contributed by atoms with Crippen molar-refractivity contribution in [3.05, 3.63) is 35.5 Å². The lowest BCUT2D eigenvalue weighted by molar-refractivity contribution is 0.388. The van der Waals surface area contributed by atoms with Gasteiger partial charge in [0.05, 0.1) is 29.6 Å². The van der Waals surface area contributed by atoms with Gasteiger partial charge in [-0.1, -0.05) is 5.16 Å². The van der Waals surface area contributed by atoms with Crippen LogP contribution in [0.25, 0.3) is 0 Å². The maximum atomic E-state index is 8.78. The molecule has 1 aromatic carbocycles. The fraction of sp³-hybridized carbons (Fsp3) is 0.182. The molecule has 2 rings (SSSR count). The number of aryl methyl sites for hydroxylation is 1. The molecule has 0 bridgehead atoms.